The van der Waals surface area contributed by atoms with E-state index < -0.39 is 0 Å². The van der Waals surface area contributed by atoms with Crippen molar-refractivity contribution in [2.45, 2.75) is 12.8 Å². The lowest BCUT2D eigenvalue weighted by Gasteiger charge is -2.24. The molecule has 3 aliphatic heterocycles. The zero-order valence-corrected chi connectivity index (χ0v) is 14.2. The third kappa shape index (κ3) is 2.92. The summed E-state index contributed by atoms with van der Waals surface area (Å²) in [7, 11) is 1.60. The van der Waals surface area contributed by atoms with Crippen LogP contribution in [0.2, 0.25) is 0 Å². The van der Waals surface area contributed by atoms with E-state index in [4.69, 9.17) is 4.74 Å². The lowest BCUT2D eigenvalue weighted by molar-refractivity contribution is -0.130. The summed E-state index contributed by atoms with van der Waals surface area (Å²) < 4.78 is 5.17. The second kappa shape index (κ2) is 6.55. The molecular formula is C17H25N5O2. The molecule has 3 fully saturated rings. The first-order valence-corrected chi connectivity index (χ1v) is 8.87. The van der Waals surface area contributed by atoms with Crippen LogP contribution in [0, 0.1) is 11.8 Å². The van der Waals surface area contributed by atoms with Crippen LogP contribution in [0.5, 0.6) is 5.88 Å². The number of fused-ring (bicyclic) bond motifs is 1. The predicted molar refractivity (Wildman–Crippen MR) is 90.0 cm³/mol. The Morgan fingerprint density at radius 1 is 1.17 bits per heavy atom. The Morgan fingerprint density at radius 2 is 2.00 bits per heavy atom. The standard InChI is InChI=1S/C17H25N5O2/c1-24-16-8-15(18-12-19-16)22-10-13-9-21(17(23)14(13)11-22)7-6-20-4-2-3-5-20/h8,12-14H,2-7,9-11H2,1H3/t13-,14+/m0/s1. The predicted octanol–water partition coefficient (Wildman–Crippen LogP) is 0.476. The lowest BCUT2D eigenvalue weighted by atomic mass is 10.0. The molecule has 0 bridgehead atoms. The Hall–Kier alpha value is -1.89. The van der Waals surface area contributed by atoms with Crippen LogP contribution in [0.1, 0.15) is 12.8 Å². The molecule has 0 spiro atoms. The number of amides is 1. The van der Waals surface area contributed by atoms with E-state index >= 15 is 0 Å². The van der Waals surface area contributed by atoms with Crippen LogP contribution >= 0.6 is 0 Å². The second-order valence-corrected chi connectivity index (χ2v) is 7.02. The van der Waals surface area contributed by atoms with E-state index in [0.29, 0.717) is 17.7 Å². The van der Waals surface area contributed by atoms with Crippen LogP contribution in [0.3, 0.4) is 0 Å². The highest BCUT2D eigenvalue weighted by Crippen LogP contribution is 2.34. The van der Waals surface area contributed by atoms with Crippen LogP contribution in [0.4, 0.5) is 5.82 Å². The number of carbonyl (C=O) groups is 1. The van der Waals surface area contributed by atoms with Crippen molar-refractivity contribution >= 4 is 11.7 Å². The number of nitrogens with zero attached hydrogens (tertiary/aromatic N) is 5. The van der Waals surface area contributed by atoms with Gasteiger partial charge in [-0.3, -0.25) is 4.79 Å². The van der Waals surface area contributed by atoms with E-state index in [1.807, 2.05) is 6.07 Å². The monoisotopic (exact) mass is 331 g/mol. The van der Waals surface area contributed by atoms with Crippen LogP contribution in [0.15, 0.2) is 12.4 Å². The third-order valence-corrected chi connectivity index (χ3v) is 5.57. The summed E-state index contributed by atoms with van der Waals surface area (Å²) in [5, 5.41) is 0. The van der Waals surface area contributed by atoms with Crippen molar-refractivity contribution in [3.8, 4) is 5.88 Å². The van der Waals surface area contributed by atoms with Gasteiger partial charge in [-0.1, -0.05) is 0 Å². The highest BCUT2D eigenvalue weighted by molar-refractivity contribution is 5.83. The molecule has 1 aromatic heterocycles. The Labute approximate surface area is 142 Å². The number of hydrogen-bond donors (Lipinski definition) is 0. The van der Waals surface area contributed by atoms with Crippen LogP contribution < -0.4 is 9.64 Å². The summed E-state index contributed by atoms with van der Waals surface area (Å²) in [6.45, 7) is 6.82. The van der Waals surface area contributed by atoms with Crippen molar-refractivity contribution in [1.29, 1.82) is 0 Å². The average molecular weight is 331 g/mol. The van der Waals surface area contributed by atoms with Crippen molar-refractivity contribution in [2.24, 2.45) is 11.8 Å². The largest absolute Gasteiger partial charge is 0.481 e. The molecule has 0 unspecified atom stereocenters. The maximum atomic E-state index is 12.7. The fourth-order valence-corrected chi connectivity index (χ4v) is 4.21. The Morgan fingerprint density at radius 3 is 2.75 bits per heavy atom. The van der Waals surface area contributed by atoms with E-state index in [-0.39, 0.29) is 5.92 Å². The first kappa shape index (κ1) is 15.6. The Balaban J connectivity index is 1.35. The fraction of sp³-hybridized carbons (Fsp3) is 0.706. The maximum Gasteiger partial charge on any atom is 0.227 e. The van der Waals surface area contributed by atoms with Crippen LogP contribution in [-0.2, 0) is 4.79 Å². The molecule has 7 heteroatoms. The highest BCUT2D eigenvalue weighted by Gasteiger charge is 2.46. The molecule has 3 saturated heterocycles. The Bertz CT molecular complexity index is 604. The van der Waals surface area contributed by atoms with Gasteiger partial charge in [0.25, 0.3) is 0 Å². The number of methoxy groups -OCH3 is 1. The summed E-state index contributed by atoms with van der Waals surface area (Å²) >= 11 is 0. The number of likely N-dealkylation sites (tertiary alicyclic amines) is 2. The van der Waals surface area contributed by atoms with Gasteiger partial charge in [0.1, 0.15) is 12.1 Å². The zero-order valence-electron chi connectivity index (χ0n) is 14.2. The van der Waals surface area contributed by atoms with Gasteiger partial charge in [-0.25, -0.2) is 9.97 Å². The topological polar surface area (TPSA) is 61.8 Å². The molecule has 4 heterocycles. The van der Waals surface area contributed by atoms with Gasteiger partial charge >= 0.3 is 0 Å². The minimum Gasteiger partial charge on any atom is -0.481 e. The van der Waals surface area contributed by atoms with E-state index in [1.165, 1.54) is 32.3 Å². The van der Waals surface area contributed by atoms with Gasteiger partial charge in [0, 0.05) is 44.7 Å². The van der Waals surface area contributed by atoms with Crippen molar-refractivity contribution in [3.63, 3.8) is 0 Å². The van der Waals surface area contributed by atoms with Gasteiger partial charge in [0.2, 0.25) is 11.8 Å². The molecule has 2 atom stereocenters. The van der Waals surface area contributed by atoms with Crippen molar-refractivity contribution in [2.75, 3.05) is 57.8 Å². The zero-order chi connectivity index (χ0) is 16.5. The number of anilines is 1. The van der Waals surface area contributed by atoms with Crippen LogP contribution in [0.25, 0.3) is 0 Å². The van der Waals surface area contributed by atoms with Crippen molar-refractivity contribution in [1.82, 2.24) is 19.8 Å². The summed E-state index contributed by atoms with van der Waals surface area (Å²) in [4.78, 5) is 27.8. The molecule has 0 radical (unpaired) electrons. The summed E-state index contributed by atoms with van der Waals surface area (Å²) in [5.74, 6) is 2.27. The molecule has 130 valence electrons. The van der Waals surface area contributed by atoms with Crippen molar-refractivity contribution < 1.29 is 9.53 Å². The minimum absolute atomic E-state index is 0.115. The Kier molecular flexibility index (Phi) is 4.26. The smallest absolute Gasteiger partial charge is 0.227 e. The quantitative estimate of drug-likeness (QED) is 0.782. The number of rotatable bonds is 5. The number of aromatic nitrogens is 2. The maximum absolute atomic E-state index is 12.7. The highest BCUT2D eigenvalue weighted by atomic mass is 16.5. The first-order chi connectivity index (χ1) is 11.7. The number of carbonyl (C=O) groups excluding carboxylic acids is 1. The third-order valence-electron chi connectivity index (χ3n) is 5.57. The fourth-order valence-electron chi connectivity index (χ4n) is 4.21. The molecule has 1 amide bonds. The molecular weight excluding hydrogens is 306 g/mol. The average Bonchev–Trinajstić information content (AvgIpc) is 3.32. The molecule has 1 aromatic rings. The van der Waals surface area contributed by atoms with E-state index in [9.17, 15) is 4.79 Å². The van der Waals surface area contributed by atoms with E-state index in [0.717, 1.165) is 38.5 Å². The van der Waals surface area contributed by atoms with Gasteiger partial charge in [-0.15, -0.1) is 0 Å². The second-order valence-electron chi connectivity index (χ2n) is 7.02. The molecule has 4 rings (SSSR count). The van der Waals surface area contributed by atoms with Crippen molar-refractivity contribution in [3.05, 3.63) is 12.4 Å². The van der Waals surface area contributed by atoms with Gasteiger partial charge < -0.3 is 19.4 Å². The SMILES string of the molecule is COc1cc(N2C[C@@H]3CN(CCN4CCCC4)C(=O)[C@@H]3C2)ncn1. The van der Waals surface area contributed by atoms with Gasteiger partial charge in [-0.2, -0.15) is 0 Å². The summed E-state index contributed by atoms with van der Waals surface area (Å²) in [6, 6.07) is 1.84. The molecule has 0 aliphatic carbocycles. The summed E-state index contributed by atoms with van der Waals surface area (Å²) in [5.41, 5.74) is 0. The molecule has 0 saturated carbocycles. The van der Waals surface area contributed by atoms with Crippen LogP contribution in [-0.4, -0.2) is 78.6 Å². The normalized spacial score (nSPS) is 27.1. The molecule has 3 aliphatic rings. The number of hydrogen-bond acceptors (Lipinski definition) is 6. The molecule has 24 heavy (non-hydrogen) atoms. The molecule has 0 N–H and O–H groups in total. The number of ether oxygens (including phenoxy) is 1. The lowest BCUT2D eigenvalue weighted by Crippen LogP contribution is -2.38. The minimum atomic E-state index is 0.115. The molecule has 0 aromatic carbocycles. The van der Waals surface area contributed by atoms with Gasteiger partial charge in [0.05, 0.1) is 13.0 Å². The first-order valence-electron chi connectivity index (χ1n) is 8.87. The van der Waals surface area contributed by atoms with Gasteiger partial charge in [0.15, 0.2) is 0 Å². The van der Waals surface area contributed by atoms with E-state index in [2.05, 4.69) is 24.7 Å². The van der Waals surface area contributed by atoms with E-state index in [1.54, 1.807) is 7.11 Å². The van der Waals surface area contributed by atoms with Gasteiger partial charge in [-0.05, 0) is 25.9 Å². The molecule has 7 nitrogen and oxygen atoms in total. The summed E-state index contributed by atoms with van der Waals surface area (Å²) in [6.07, 6.45) is 4.12.